The van der Waals surface area contributed by atoms with E-state index in [1.807, 2.05) is 25.1 Å². The Labute approximate surface area is 206 Å². The minimum Gasteiger partial charge on any atom is -0.459 e. The van der Waals surface area contributed by atoms with Crippen LogP contribution in [-0.2, 0) is 0 Å². The summed E-state index contributed by atoms with van der Waals surface area (Å²) in [4.78, 5) is 19.0. The van der Waals surface area contributed by atoms with Gasteiger partial charge in [-0.1, -0.05) is 17.7 Å². The second kappa shape index (κ2) is 12.8. The summed E-state index contributed by atoms with van der Waals surface area (Å²) in [6.45, 7) is 7.76. The molecule has 1 saturated heterocycles. The van der Waals surface area contributed by atoms with E-state index >= 15 is 0 Å². The molecule has 0 radical (unpaired) electrons. The molecular weight excluding hydrogens is 529 g/mol. The van der Waals surface area contributed by atoms with Gasteiger partial charge in [0.15, 0.2) is 11.7 Å². The van der Waals surface area contributed by atoms with Gasteiger partial charge >= 0.3 is 0 Å². The minimum absolute atomic E-state index is 0. The smallest absolute Gasteiger partial charge is 0.287 e. The third-order valence-electron chi connectivity index (χ3n) is 5.01. The van der Waals surface area contributed by atoms with Crippen LogP contribution in [0.15, 0.2) is 46.0 Å². The number of anilines is 1. The number of hydrogen-bond donors (Lipinski definition) is 3. The summed E-state index contributed by atoms with van der Waals surface area (Å²) in [7, 11) is 0. The second-order valence-electron chi connectivity index (χ2n) is 7.36. The molecule has 1 fully saturated rings. The number of aliphatic imine (C=N–C) groups is 1. The Morgan fingerprint density at radius 1 is 1.32 bits per heavy atom. The molecule has 170 valence electrons. The van der Waals surface area contributed by atoms with E-state index in [0.717, 1.165) is 54.7 Å². The Balaban J connectivity index is 0.00000341. The van der Waals surface area contributed by atoms with Gasteiger partial charge in [0.05, 0.1) is 6.26 Å². The number of nitrogens with one attached hydrogen (secondary N) is 3. The van der Waals surface area contributed by atoms with Crippen LogP contribution < -0.4 is 20.9 Å². The monoisotopic (exact) mass is 559 g/mol. The van der Waals surface area contributed by atoms with Crippen molar-refractivity contribution in [3.63, 3.8) is 0 Å². The zero-order valence-electron chi connectivity index (χ0n) is 18.0. The van der Waals surface area contributed by atoms with E-state index in [9.17, 15) is 4.79 Å². The topological polar surface area (TPSA) is 81.9 Å². The first-order valence-corrected chi connectivity index (χ1v) is 10.8. The molecule has 7 nitrogen and oxygen atoms in total. The molecule has 3 N–H and O–H groups in total. The van der Waals surface area contributed by atoms with Gasteiger partial charge in [0, 0.05) is 55.0 Å². The van der Waals surface area contributed by atoms with Gasteiger partial charge in [-0.2, -0.15) is 0 Å². The molecule has 9 heteroatoms. The Kier molecular flexibility index (Phi) is 10.5. The Hall–Kier alpha value is -1.94. The maximum absolute atomic E-state index is 12.0. The summed E-state index contributed by atoms with van der Waals surface area (Å²) in [5.74, 6) is 1.00. The first-order valence-electron chi connectivity index (χ1n) is 10.4. The summed E-state index contributed by atoms with van der Waals surface area (Å²) >= 11 is 6.12. The molecule has 3 rings (SSSR count). The predicted octanol–water partition coefficient (Wildman–Crippen LogP) is 3.81. The number of halogens is 2. The lowest BCUT2D eigenvalue weighted by Gasteiger charge is -2.20. The number of amides is 1. The fourth-order valence-electron chi connectivity index (χ4n) is 3.46. The van der Waals surface area contributed by atoms with Gasteiger partial charge in [-0.3, -0.25) is 9.79 Å². The molecule has 1 aromatic carbocycles. The molecule has 1 aliphatic heterocycles. The van der Waals surface area contributed by atoms with E-state index in [1.165, 1.54) is 6.26 Å². The van der Waals surface area contributed by atoms with Crippen molar-refractivity contribution < 1.29 is 9.21 Å². The molecule has 1 unspecified atom stereocenters. The van der Waals surface area contributed by atoms with Crippen molar-refractivity contribution in [1.82, 2.24) is 16.0 Å². The van der Waals surface area contributed by atoms with E-state index in [1.54, 1.807) is 6.07 Å². The van der Waals surface area contributed by atoms with E-state index in [0.29, 0.717) is 24.9 Å². The van der Waals surface area contributed by atoms with Crippen molar-refractivity contribution in [3.8, 4) is 0 Å². The van der Waals surface area contributed by atoms with Crippen LogP contribution in [0.2, 0.25) is 5.02 Å². The first-order chi connectivity index (χ1) is 14.6. The highest BCUT2D eigenvalue weighted by atomic mass is 127. The Morgan fingerprint density at radius 3 is 2.87 bits per heavy atom. The van der Waals surface area contributed by atoms with Crippen molar-refractivity contribution in [2.24, 2.45) is 4.99 Å². The van der Waals surface area contributed by atoms with Crippen molar-refractivity contribution in [2.75, 3.05) is 37.6 Å². The molecule has 0 aliphatic carbocycles. The Morgan fingerprint density at radius 2 is 2.16 bits per heavy atom. The number of furan rings is 1. The van der Waals surface area contributed by atoms with Crippen LogP contribution in [0, 0.1) is 6.92 Å². The number of benzene rings is 1. The molecule has 2 heterocycles. The van der Waals surface area contributed by atoms with E-state index < -0.39 is 0 Å². The van der Waals surface area contributed by atoms with Gasteiger partial charge < -0.3 is 25.3 Å². The normalized spacial score (nSPS) is 16.0. The van der Waals surface area contributed by atoms with Gasteiger partial charge in [0.25, 0.3) is 5.91 Å². The first kappa shape index (κ1) is 25.3. The average Bonchev–Trinajstić information content (AvgIpc) is 3.36. The van der Waals surface area contributed by atoms with Crippen LogP contribution in [0.4, 0.5) is 5.69 Å². The quantitative estimate of drug-likeness (QED) is 0.198. The van der Waals surface area contributed by atoms with Crippen LogP contribution in [0.1, 0.15) is 35.9 Å². The van der Waals surface area contributed by atoms with Crippen molar-refractivity contribution >= 4 is 53.1 Å². The number of carbonyl (C=O) groups is 1. The third-order valence-corrected chi connectivity index (χ3v) is 5.24. The summed E-state index contributed by atoms with van der Waals surface area (Å²) in [5.41, 5.74) is 1.99. The number of hydrogen-bond acceptors (Lipinski definition) is 4. The van der Waals surface area contributed by atoms with Gasteiger partial charge in [-0.05, 0) is 51.0 Å². The van der Waals surface area contributed by atoms with E-state index in [4.69, 9.17) is 16.0 Å². The predicted molar refractivity (Wildman–Crippen MR) is 137 cm³/mol. The number of aryl methyl sites for hydroxylation is 1. The minimum atomic E-state index is -0.182. The second-order valence-corrected chi connectivity index (χ2v) is 7.80. The van der Waals surface area contributed by atoms with Crippen LogP contribution in [-0.4, -0.2) is 50.6 Å². The lowest BCUT2D eigenvalue weighted by atomic mass is 10.2. The van der Waals surface area contributed by atoms with Crippen LogP contribution in [0.5, 0.6) is 0 Å². The number of nitrogens with zero attached hydrogens (tertiary/aromatic N) is 2. The fraction of sp³-hybridized carbons (Fsp3) is 0.455. The molecule has 1 aromatic heterocycles. The molecule has 1 atom stereocenters. The molecule has 0 bridgehead atoms. The van der Waals surface area contributed by atoms with Crippen molar-refractivity contribution in [2.45, 2.75) is 32.7 Å². The molecule has 0 saturated carbocycles. The highest BCUT2D eigenvalue weighted by molar-refractivity contribution is 14.0. The number of carbonyl (C=O) groups excluding carboxylic acids is 1. The van der Waals surface area contributed by atoms with Gasteiger partial charge in [-0.25, -0.2) is 0 Å². The standard InChI is InChI=1S/C22H30ClN5O2.HI/c1-3-24-22(26-11-5-10-25-21(29)20-16(2)9-13-30-20)27-18-8-12-28(15-18)19-7-4-6-17(23)14-19;/h4,6-7,9,13-14,18H,3,5,8,10-12,15H2,1-2H3,(H,25,29)(H2,24,26,27);1H. The highest BCUT2D eigenvalue weighted by Gasteiger charge is 2.23. The molecule has 1 aliphatic rings. The Bertz CT molecular complexity index is 873. The molecule has 31 heavy (non-hydrogen) atoms. The number of rotatable bonds is 8. The fourth-order valence-corrected chi connectivity index (χ4v) is 3.64. The van der Waals surface area contributed by atoms with Gasteiger partial charge in [0.1, 0.15) is 0 Å². The number of guanidine groups is 1. The van der Waals surface area contributed by atoms with E-state index in [-0.39, 0.29) is 29.9 Å². The lowest BCUT2D eigenvalue weighted by Crippen LogP contribution is -2.44. The summed E-state index contributed by atoms with van der Waals surface area (Å²) in [6, 6.07) is 10.1. The van der Waals surface area contributed by atoms with Crippen molar-refractivity contribution in [3.05, 3.63) is 52.9 Å². The van der Waals surface area contributed by atoms with Gasteiger partial charge in [0.2, 0.25) is 0 Å². The summed E-state index contributed by atoms with van der Waals surface area (Å²) < 4.78 is 5.20. The van der Waals surface area contributed by atoms with Crippen LogP contribution in [0.3, 0.4) is 0 Å². The zero-order valence-corrected chi connectivity index (χ0v) is 21.1. The van der Waals surface area contributed by atoms with E-state index in [2.05, 4.69) is 38.8 Å². The summed E-state index contributed by atoms with van der Waals surface area (Å²) in [6.07, 6.45) is 3.32. The average molecular weight is 560 g/mol. The summed E-state index contributed by atoms with van der Waals surface area (Å²) in [5, 5.41) is 10.5. The molecular formula is C22H31ClIN5O2. The third kappa shape index (κ3) is 7.60. The van der Waals surface area contributed by atoms with Gasteiger partial charge in [-0.15, -0.1) is 24.0 Å². The SMILES string of the molecule is CCNC(=NCCCNC(=O)c1occc1C)NC1CCN(c2cccc(Cl)c2)C1.I. The van der Waals surface area contributed by atoms with Crippen molar-refractivity contribution in [1.29, 1.82) is 0 Å². The largest absolute Gasteiger partial charge is 0.459 e. The zero-order chi connectivity index (χ0) is 21.3. The lowest BCUT2D eigenvalue weighted by molar-refractivity contribution is 0.0925. The highest BCUT2D eigenvalue weighted by Crippen LogP contribution is 2.23. The molecule has 0 spiro atoms. The van der Waals surface area contributed by atoms with Crippen LogP contribution in [0.25, 0.3) is 0 Å². The molecule has 2 aromatic rings. The van der Waals surface area contributed by atoms with Crippen LogP contribution >= 0.6 is 35.6 Å². The maximum Gasteiger partial charge on any atom is 0.287 e. The molecule has 1 amide bonds. The maximum atomic E-state index is 12.0.